The molecule has 3 unspecified atom stereocenters. The summed E-state index contributed by atoms with van der Waals surface area (Å²) >= 11 is 0. The van der Waals surface area contributed by atoms with Crippen molar-refractivity contribution in [2.24, 2.45) is 0 Å². The fourth-order valence-electron chi connectivity index (χ4n) is 2.15. The Labute approximate surface area is 104 Å². The molecule has 1 rings (SSSR count). The minimum absolute atomic E-state index is 0.115. The molecule has 1 saturated heterocycles. The first-order valence-electron chi connectivity index (χ1n) is 6.29. The number of rotatable bonds is 5. The van der Waals surface area contributed by atoms with E-state index in [4.69, 9.17) is 4.74 Å². The summed E-state index contributed by atoms with van der Waals surface area (Å²) in [7, 11) is 3.56. The number of nitrogens with zero attached hydrogens (tertiary/aromatic N) is 1. The lowest BCUT2D eigenvalue weighted by molar-refractivity contribution is -0.130. The molecule has 1 heterocycles. The van der Waals surface area contributed by atoms with Gasteiger partial charge in [-0.25, -0.2) is 0 Å². The Morgan fingerprint density at radius 3 is 2.76 bits per heavy atom. The van der Waals surface area contributed by atoms with Gasteiger partial charge in [0.15, 0.2) is 0 Å². The number of carbonyl (C=O) groups excluding carboxylic acids is 1. The highest BCUT2D eigenvalue weighted by Gasteiger charge is 2.20. The van der Waals surface area contributed by atoms with Crippen LogP contribution in [0.25, 0.3) is 0 Å². The first-order valence-corrected chi connectivity index (χ1v) is 6.29. The lowest BCUT2D eigenvalue weighted by Gasteiger charge is -2.28. The second-order valence-corrected chi connectivity index (χ2v) is 4.98. The minimum Gasteiger partial charge on any atom is -0.379 e. The molecule has 0 spiro atoms. The van der Waals surface area contributed by atoms with Crippen molar-refractivity contribution in [2.75, 3.05) is 33.9 Å². The zero-order chi connectivity index (χ0) is 12.8. The van der Waals surface area contributed by atoms with Crippen LogP contribution < -0.4 is 10.6 Å². The Morgan fingerprint density at radius 2 is 2.24 bits per heavy atom. The summed E-state index contributed by atoms with van der Waals surface area (Å²) in [5.74, 6) is 0.115. The van der Waals surface area contributed by atoms with E-state index in [1.54, 1.807) is 19.0 Å². The van der Waals surface area contributed by atoms with E-state index in [1.807, 2.05) is 6.92 Å². The van der Waals surface area contributed by atoms with Gasteiger partial charge in [0.1, 0.15) is 0 Å². The molecule has 2 N–H and O–H groups in total. The molecule has 0 saturated carbocycles. The van der Waals surface area contributed by atoms with E-state index < -0.39 is 0 Å². The van der Waals surface area contributed by atoms with Crippen LogP contribution in [-0.2, 0) is 9.53 Å². The number of morpholine rings is 1. The van der Waals surface area contributed by atoms with Gasteiger partial charge in [-0.3, -0.25) is 4.79 Å². The number of amides is 1. The van der Waals surface area contributed by atoms with Crippen molar-refractivity contribution in [3.8, 4) is 0 Å². The molecule has 1 amide bonds. The van der Waals surface area contributed by atoms with E-state index in [-0.39, 0.29) is 11.9 Å². The van der Waals surface area contributed by atoms with Crippen LogP contribution in [0.5, 0.6) is 0 Å². The van der Waals surface area contributed by atoms with Crippen molar-refractivity contribution in [2.45, 2.75) is 38.4 Å². The highest BCUT2D eigenvalue weighted by Crippen LogP contribution is 2.03. The zero-order valence-electron chi connectivity index (χ0n) is 11.3. The van der Waals surface area contributed by atoms with Crippen molar-refractivity contribution < 1.29 is 9.53 Å². The zero-order valence-corrected chi connectivity index (χ0v) is 11.3. The van der Waals surface area contributed by atoms with E-state index in [0.717, 1.165) is 26.2 Å². The molecule has 5 heteroatoms. The molecule has 1 aliphatic rings. The summed E-state index contributed by atoms with van der Waals surface area (Å²) in [4.78, 5) is 13.3. The third-order valence-corrected chi connectivity index (χ3v) is 2.98. The Balaban J connectivity index is 2.27. The number of ether oxygens (including phenoxy) is 1. The summed E-state index contributed by atoms with van der Waals surface area (Å²) in [6.45, 7) is 6.50. The lowest BCUT2D eigenvalue weighted by Crippen LogP contribution is -2.49. The first kappa shape index (κ1) is 14.4. The average Bonchev–Trinajstić information content (AvgIpc) is 2.28. The Kier molecular flexibility index (Phi) is 5.88. The fourth-order valence-corrected chi connectivity index (χ4v) is 2.15. The van der Waals surface area contributed by atoms with E-state index >= 15 is 0 Å². The largest absolute Gasteiger partial charge is 0.379 e. The maximum atomic E-state index is 11.7. The monoisotopic (exact) mass is 243 g/mol. The molecule has 0 aromatic carbocycles. The normalized spacial score (nSPS) is 24.1. The van der Waals surface area contributed by atoms with E-state index in [1.165, 1.54) is 0 Å². The van der Waals surface area contributed by atoms with Crippen molar-refractivity contribution in [1.82, 2.24) is 15.5 Å². The van der Waals surface area contributed by atoms with Crippen LogP contribution in [0.2, 0.25) is 0 Å². The molecule has 3 atom stereocenters. The third-order valence-electron chi connectivity index (χ3n) is 2.98. The summed E-state index contributed by atoms with van der Waals surface area (Å²) in [6, 6.07) is 0.561. The predicted octanol–water partition coefficient (Wildman–Crippen LogP) is -0.180. The van der Waals surface area contributed by atoms with Gasteiger partial charge in [-0.05, 0) is 20.3 Å². The summed E-state index contributed by atoms with van der Waals surface area (Å²) < 4.78 is 5.41. The number of likely N-dealkylation sites (N-methyl/N-ethyl adjacent to an activating group) is 1. The van der Waals surface area contributed by atoms with Crippen LogP contribution in [0, 0.1) is 0 Å². The summed E-state index contributed by atoms with van der Waals surface area (Å²) in [5, 5.41) is 6.74. The van der Waals surface area contributed by atoms with Crippen LogP contribution >= 0.6 is 0 Å². The van der Waals surface area contributed by atoms with Gasteiger partial charge in [-0.1, -0.05) is 0 Å². The van der Waals surface area contributed by atoms with Gasteiger partial charge >= 0.3 is 0 Å². The second-order valence-electron chi connectivity index (χ2n) is 4.98. The Morgan fingerprint density at radius 1 is 1.53 bits per heavy atom. The predicted molar refractivity (Wildman–Crippen MR) is 68.0 cm³/mol. The van der Waals surface area contributed by atoms with Gasteiger partial charge in [-0.2, -0.15) is 0 Å². The third kappa shape index (κ3) is 5.02. The molecule has 17 heavy (non-hydrogen) atoms. The molecule has 0 aromatic rings. The van der Waals surface area contributed by atoms with Crippen molar-refractivity contribution in [3.05, 3.63) is 0 Å². The standard InChI is InChI=1S/C12H25N3O2/c1-9(7-11-8-17-6-5-13-11)14-10(2)12(16)15(3)4/h9-11,13-14H,5-8H2,1-4H3. The molecule has 0 radical (unpaired) electrons. The molecule has 0 aromatic heterocycles. The van der Waals surface area contributed by atoms with Crippen LogP contribution in [-0.4, -0.2) is 62.8 Å². The maximum absolute atomic E-state index is 11.7. The topological polar surface area (TPSA) is 53.6 Å². The molecule has 0 bridgehead atoms. The Hall–Kier alpha value is -0.650. The molecule has 1 fully saturated rings. The van der Waals surface area contributed by atoms with Crippen LogP contribution in [0.3, 0.4) is 0 Å². The van der Waals surface area contributed by atoms with Crippen LogP contribution in [0.4, 0.5) is 0 Å². The highest BCUT2D eigenvalue weighted by molar-refractivity contribution is 5.80. The number of carbonyl (C=O) groups is 1. The van der Waals surface area contributed by atoms with E-state index in [0.29, 0.717) is 12.1 Å². The molecule has 5 nitrogen and oxygen atoms in total. The van der Waals surface area contributed by atoms with Crippen molar-refractivity contribution >= 4 is 5.91 Å². The van der Waals surface area contributed by atoms with Crippen molar-refractivity contribution in [3.63, 3.8) is 0 Å². The van der Waals surface area contributed by atoms with Gasteiger partial charge in [0.25, 0.3) is 0 Å². The minimum atomic E-state index is -0.135. The maximum Gasteiger partial charge on any atom is 0.238 e. The van der Waals surface area contributed by atoms with E-state index in [2.05, 4.69) is 17.6 Å². The SMILES string of the molecule is CC(CC1COCCN1)NC(C)C(=O)N(C)C. The smallest absolute Gasteiger partial charge is 0.238 e. The molecule has 1 aliphatic heterocycles. The number of hydrogen-bond donors (Lipinski definition) is 2. The van der Waals surface area contributed by atoms with Crippen LogP contribution in [0.15, 0.2) is 0 Å². The van der Waals surface area contributed by atoms with Crippen molar-refractivity contribution in [1.29, 1.82) is 0 Å². The van der Waals surface area contributed by atoms with Gasteiger partial charge in [0.05, 0.1) is 19.3 Å². The van der Waals surface area contributed by atoms with Gasteiger partial charge < -0.3 is 20.3 Å². The second kappa shape index (κ2) is 6.93. The average molecular weight is 243 g/mol. The van der Waals surface area contributed by atoms with Gasteiger partial charge in [0, 0.05) is 32.7 Å². The number of nitrogens with one attached hydrogen (secondary N) is 2. The summed E-state index contributed by atoms with van der Waals surface area (Å²) in [6.07, 6.45) is 0.977. The Bertz CT molecular complexity index is 240. The number of hydrogen-bond acceptors (Lipinski definition) is 4. The van der Waals surface area contributed by atoms with Gasteiger partial charge in [-0.15, -0.1) is 0 Å². The quantitative estimate of drug-likeness (QED) is 0.703. The lowest BCUT2D eigenvalue weighted by atomic mass is 10.1. The van der Waals surface area contributed by atoms with E-state index in [9.17, 15) is 4.79 Å². The highest BCUT2D eigenvalue weighted by atomic mass is 16.5. The van der Waals surface area contributed by atoms with Gasteiger partial charge in [0.2, 0.25) is 5.91 Å². The molecule has 100 valence electrons. The molecular formula is C12H25N3O2. The van der Waals surface area contributed by atoms with Crippen LogP contribution in [0.1, 0.15) is 20.3 Å². The molecule has 0 aliphatic carbocycles. The molecular weight excluding hydrogens is 218 g/mol. The fraction of sp³-hybridized carbons (Fsp3) is 0.917. The first-order chi connectivity index (χ1) is 8.00. The summed E-state index contributed by atoms with van der Waals surface area (Å²) in [5.41, 5.74) is 0.